The predicted octanol–water partition coefficient (Wildman–Crippen LogP) is -1.18. The molecule has 0 spiro atoms. The molecule has 134 valence electrons. The summed E-state index contributed by atoms with van der Waals surface area (Å²) in [5.74, 6) is 0. The molecule has 0 aliphatic heterocycles. The summed E-state index contributed by atoms with van der Waals surface area (Å²) in [7, 11) is -5.17. The van der Waals surface area contributed by atoms with Crippen LogP contribution < -0.4 is 59.1 Å². The monoisotopic (exact) mass is 388 g/mol. The minimum atomic E-state index is -5.17. The zero-order valence-corrected chi connectivity index (χ0v) is 21.0. The van der Waals surface area contributed by atoms with Crippen LogP contribution in [-0.4, -0.2) is 17.5 Å². The number of unbranched alkanes of at least 4 members (excludes halogenated alkanes) is 9. The van der Waals surface area contributed by atoms with Crippen LogP contribution in [-0.2, 0) is 16.8 Å². The van der Waals surface area contributed by atoms with Crippen molar-refractivity contribution in [2.75, 3.05) is 0 Å². The summed E-state index contributed by atoms with van der Waals surface area (Å²) in [5, 5.41) is 0. The molecule has 7 heteroatoms. The quantitative estimate of drug-likeness (QED) is 0.207. The van der Waals surface area contributed by atoms with Gasteiger partial charge in [-0.15, -0.1) is 0 Å². The number of aryl methyl sites for hydroxylation is 1. The second-order valence-corrected chi connectivity index (χ2v) is 6.64. The zero-order chi connectivity index (χ0) is 17.4. The molecule has 4 nitrogen and oxygen atoms in total. The Balaban J connectivity index is -0.000000610. The molecular formula is C18H30Na2O4S. The summed E-state index contributed by atoms with van der Waals surface area (Å²) >= 11 is 0. The maximum absolute atomic E-state index is 8.52. The van der Waals surface area contributed by atoms with Gasteiger partial charge in [-0.2, -0.15) is 0 Å². The average molecular weight is 388 g/mol. The molecule has 0 aromatic heterocycles. The van der Waals surface area contributed by atoms with Gasteiger partial charge in [0.15, 0.2) is 0 Å². The van der Waals surface area contributed by atoms with Crippen molar-refractivity contribution in [1.82, 2.24) is 0 Å². The molecule has 0 saturated carbocycles. The Morgan fingerprint density at radius 1 is 0.720 bits per heavy atom. The molecule has 1 aromatic carbocycles. The fraction of sp³-hybridized carbons (Fsp3) is 0.667. The Morgan fingerprint density at radius 2 is 1.08 bits per heavy atom. The molecule has 0 aliphatic carbocycles. The molecule has 0 bridgehead atoms. The fourth-order valence-electron chi connectivity index (χ4n) is 2.46. The number of benzene rings is 1. The van der Waals surface area contributed by atoms with Crippen molar-refractivity contribution in [3.8, 4) is 0 Å². The standard InChI is InChI=1S/C18H30.2Na.H2O4S/c1-2-3-4-5-6-7-8-9-10-12-15-18-16-13-11-14-17-18;;;1-5(2,3)4/h11,13-14,16-17H,2-10,12,15H2,1H3;;;(H2,1,2,3,4)/q;2*+1;/p-2. The molecule has 0 atom stereocenters. The summed E-state index contributed by atoms with van der Waals surface area (Å²) in [6, 6.07) is 10.9. The molecule has 0 unspecified atom stereocenters. The minimum absolute atomic E-state index is 0. The zero-order valence-electron chi connectivity index (χ0n) is 16.2. The fourth-order valence-corrected chi connectivity index (χ4v) is 2.46. The first-order valence-corrected chi connectivity index (χ1v) is 9.97. The Bertz CT molecular complexity index is 459. The van der Waals surface area contributed by atoms with E-state index in [4.69, 9.17) is 17.5 Å². The topological polar surface area (TPSA) is 80.3 Å². The maximum atomic E-state index is 8.52. The summed E-state index contributed by atoms with van der Waals surface area (Å²) in [4.78, 5) is 0. The number of hydrogen-bond donors (Lipinski definition) is 0. The van der Waals surface area contributed by atoms with Gasteiger partial charge in [-0.05, 0) is 18.4 Å². The van der Waals surface area contributed by atoms with Gasteiger partial charge in [0.05, 0.1) is 0 Å². The molecule has 0 saturated heterocycles. The Morgan fingerprint density at radius 3 is 1.48 bits per heavy atom. The van der Waals surface area contributed by atoms with Gasteiger partial charge in [0.1, 0.15) is 0 Å². The van der Waals surface area contributed by atoms with Crippen LogP contribution in [0.15, 0.2) is 30.3 Å². The van der Waals surface area contributed by atoms with Crippen molar-refractivity contribution in [1.29, 1.82) is 0 Å². The van der Waals surface area contributed by atoms with Gasteiger partial charge in [0.2, 0.25) is 0 Å². The molecule has 1 aromatic rings. The summed E-state index contributed by atoms with van der Waals surface area (Å²) in [6.07, 6.45) is 15.5. The van der Waals surface area contributed by atoms with E-state index in [0.29, 0.717) is 0 Å². The van der Waals surface area contributed by atoms with Crippen LogP contribution in [0.25, 0.3) is 0 Å². The molecule has 0 amide bonds. The van der Waals surface area contributed by atoms with Gasteiger partial charge in [0, 0.05) is 10.4 Å². The second kappa shape index (κ2) is 21.4. The second-order valence-electron chi connectivity index (χ2n) is 5.83. The molecule has 1 rings (SSSR count). The van der Waals surface area contributed by atoms with Crippen molar-refractivity contribution in [3.63, 3.8) is 0 Å². The van der Waals surface area contributed by atoms with Gasteiger partial charge in [-0.25, -0.2) is 0 Å². The van der Waals surface area contributed by atoms with Gasteiger partial charge in [-0.1, -0.05) is 95.0 Å². The number of rotatable bonds is 11. The van der Waals surface area contributed by atoms with Crippen LogP contribution in [0.2, 0.25) is 0 Å². The van der Waals surface area contributed by atoms with E-state index < -0.39 is 10.4 Å². The SMILES string of the molecule is CCCCCCCCCCCCc1ccccc1.O=S(=O)([O-])[O-].[Na+].[Na+]. The van der Waals surface area contributed by atoms with E-state index in [1.165, 1.54) is 76.2 Å². The van der Waals surface area contributed by atoms with E-state index in [0.717, 1.165) is 0 Å². The van der Waals surface area contributed by atoms with Crippen molar-refractivity contribution < 1.29 is 76.6 Å². The van der Waals surface area contributed by atoms with Crippen molar-refractivity contribution in [3.05, 3.63) is 35.9 Å². The third-order valence-corrected chi connectivity index (χ3v) is 3.66. The third kappa shape index (κ3) is 30.1. The maximum Gasteiger partial charge on any atom is 1.00 e. The van der Waals surface area contributed by atoms with E-state index in [2.05, 4.69) is 37.3 Å². The summed E-state index contributed by atoms with van der Waals surface area (Å²) in [6.45, 7) is 2.28. The van der Waals surface area contributed by atoms with E-state index >= 15 is 0 Å². The van der Waals surface area contributed by atoms with E-state index in [-0.39, 0.29) is 59.1 Å². The average Bonchev–Trinajstić information content (AvgIpc) is 2.48. The molecule has 0 heterocycles. The summed E-state index contributed by atoms with van der Waals surface area (Å²) < 4.78 is 34.1. The first kappa shape index (κ1) is 30.8. The summed E-state index contributed by atoms with van der Waals surface area (Å²) in [5.41, 5.74) is 1.50. The van der Waals surface area contributed by atoms with Crippen LogP contribution in [0.3, 0.4) is 0 Å². The van der Waals surface area contributed by atoms with Gasteiger partial charge in [-0.3, -0.25) is 8.42 Å². The molecular weight excluding hydrogens is 358 g/mol. The Kier molecular flexibility index (Phi) is 26.4. The number of hydrogen-bond acceptors (Lipinski definition) is 4. The van der Waals surface area contributed by atoms with Crippen molar-refractivity contribution >= 4 is 10.4 Å². The Hall–Kier alpha value is 1.09. The molecule has 0 aliphatic rings. The molecule has 25 heavy (non-hydrogen) atoms. The van der Waals surface area contributed by atoms with Gasteiger partial charge < -0.3 is 9.11 Å². The van der Waals surface area contributed by atoms with E-state index in [1.54, 1.807) is 0 Å². The van der Waals surface area contributed by atoms with E-state index in [1.807, 2.05) is 0 Å². The van der Waals surface area contributed by atoms with Crippen LogP contribution in [0.5, 0.6) is 0 Å². The molecule has 0 fully saturated rings. The molecule has 0 radical (unpaired) electrons. The minimum Gasteiger partial charge on any atom is -0.759 e. The van der Waals surface area contributed by atoms with Gasteiger partial charge >= 0.3 is 59.1 Å². The normalized spacial score (nSPS) is 10.0. The molecule has 0 N–H and O–H groups in total. The van der Waals surface area contributed by atoms with Crippen LogP contribution >= 0.6 is 0 Å². The van der Waals surface area contributed by atoms with Crippen LogP contribution in [0.1, 0.15) is 76.7 Å². The predicted molar refractivity (Wildman–Crippen MR) is 92.5 cm³/mol. The van der Waals surface area contributed by atoms with Crippen molar-refractivity contribution in [2.45, 2.75) is 77.6 Å². The van der Waals surface area contributed by atoms with Crippen molar-refractivity contribution in [2.24, 2.45) is 0 Å². The first-order valence-electron chi connectivity index (χ1n) is 8.64. The van der Waals surface area contributed by atoms with Crippen LogP contribution in [0, 0.1) is 0 Å². The van der Waals surface area contributed by atoms with E-state index in [9.17, 15) is 0 Å². The third-order valence-electron chi connectivity index (χ3n) is 3.66. The smallest absolute Gasteiger partial charge is 0.759 e. The van der Waals surface area contributed by atoms with Gasteiger partial charge in [0.25, 0.3) is 0 Å². The Labute approximate surface area is 198 Å². The first-order chi connectivity index (χ1) is 10.9. The largest absolute Gasteiger partial charge is 1.00 e. The van der Waals surface area contributed by atoms with Crippen LogP contribution in [0.4, 0.5) is 0 Å².